The Bertz CT molecular complexity index is 1490. The summed E-state index contributed by atoms with van der Waals surface area (Å²) >= 11 is 1.27. The molecule has 0 spiro atoms. The number of benzene rings is 3. The van der Waals surface area contributed by atoms with Crippen molar-refractivity contribution >= 4 is 34.8 Å². The van der Waals surface area contributed by atoms with Crippen molar-refractivity contribution in [2.75, 3.05) is 11.9 Å². The monoisotopic (exact) mass is 480 g/mol. The van der Waals surface area contributed by atoms with Crippen molar-refractivity contribution in [2.24, 2.45) is 10.1 Å². The number of aromatic nitrogens is 1. The molecule has 1 aromatic heterocycles. The molecule has 0 saturated heterocycles. The second-order valence-electron chi connectivity index (χ2n) is 7.26. The molecule has 1 aliphatic rings. The molecule has 10 heteroatoms. The molecular formula is C24H15F3N4O2S. The Morgan fingerprint density at radius 3 is 2.59 bits per heavy atom. The lowest BCUT2D eigenvalue weighted by molar-refractivity contribution is -0.118. The highest BCUT2D eigenvalue weighted by Gasteiger charge is 2.18. The molecule has 5 rings (SSSR count). The van der Waals surface area contributed by atoms with E-state index in [4.69, 9.17) is 4.74 Å². The molecular weight excluding hydrogens is 465 g/mol. The normalized spacial score (nSPS) is 13.6. The number of carbonyl (C=O) groups is 1. The molecule has 1 aliphatic heterocycles. The molecule has 4 aromatic rings. The third-order valence-corrected chi connectivity index (χ3v) is 5.74. The van der Waals surface area contributed by atoms with Crippen molar-refractivity contribution in [3.05, 3.63) is 93.9 Å². The van der Waals surface area contributed by atoms with Crippen LogP contribution in [0.4, 0.5) is 24.5 Å². The lowest BCUT2D eigenvalue weighted by Gasteiger charge is -2.18. The van der Waals surface area contributed by atoms with Gasteiger partial charge < -0.3 is 10.1 Å². The number of halogens is 3. The molecule has 0 unspecified atom stereocenters. The first-order valence-electron chi connectivity index (χ1n) is 10.0. The Morgan fingerprint density at radius 1 is 1.00 bits per heavy atom. The average Bonchev–Trinajstić information content (AvgIpc) is 3.21. The predicted molar refractivity (Wildman–Crippen MR) is 123 cm³/mol. The number of thiazole rings is 1. The van der Waals surface area contributed by atoms with Crippen LogP contribution in [0, 0.1) is 17.5 Å². The number of anilines is 1. The molecule has 3 aromatic carbocycles. The van der Waals surface area contributed by atoms with Gasteiger partial charge in [-0.1, -0.05) is 0 Å². The van der Waals surface area contributed by atoms with E-state index in [0.717, 1.165) is 12.1 Å². The fraction of sp³-hybridized carbons (Fsp3) is 0.0417. The van der Waals surface area contributed by atoms with Gasteiger partial charge in [-0.15, -0.1) is 11.3 Å². The number of nitrogens with zero attached hydrogens (tertiary/aromatic N) is 3. The van der Waals surface area contributed by atoms with Gasteiger partial charge in [0.2, 0.25) is 4.80 Å². The first-order chi connectivity index (χ1) is 16.5. The summed E-state index contributed by atoms with van der Waals surface area (Å²) in [5.41, 5.74) is 2.39. The van der Waals surface area contributed by atoms with E-state index in [1.54, 1.807) is 23.6 Å². The van der Waals surface area contributed by atoms with Crippen LogP contribution in [0.1, 0.15) is 5.56 Å². The minimum absolute atomic E-state index is 0.0565. The zero-order valence-corrected chi connectivity index (χ0v) is 18.2. The van der Waals surface area contributed by atoms with Gasteiger partial charge in [0.25, 0.3) is 5.91 Å². The number of nitrogens with one attached hydrogen (secondary N) is 1. The van der Waals surface area contributed by atoms with Crippen LogP contribution in [0.5, 0.6) is 5.75 Å². The van der Waals surface area contributed by atoms with Gasteiger partial charge in [-0.05, 0) is 54.6 Å². The molecule has 0 aliphatic carbocycles. The van der Waals surface area contributed by atoms with Gasteiger partial charge in [0, 0.05) is 22.6 Å². The Balaban J connectivity index is 1.63. The van der Waals surface area contributed by atoms with Crippen molar-refractivity contribution < 1.29 is 22.7 Å². The van der Waals surface area contributed by atoms with Crippen molar-refractivity contribution in [1.29, 1.82) is 0 Å². The standard InChI is InChI=1S/C24H15F3N4O2S/c25-16-4-6-18(7-5-16)29-24-31(28-11-15-1-3-17(26)10-19(15)27)21(13-34-24)14-2-8-22-20(9-14)30-23(32)12-33-22/h1-11,13H,12H2,(H,30,32). The molecule has 34 heavy (non-hydrogen) atoms. The highest BCUT2D eigenvalue weighted by Crippen LogP contribution is 2.33. The van der Waals surface area contributed by atoms with E-state index in [-0.39, 0.29) is 23.9 Å². The summed E-state index contributed by atoms with van der Waals surface area (Å²) in [6.07, 6.45) is 1.26. The number of amides is 1. The fourth-order valence-electron chi connectivity index (χ4n) is 3.28. The molecule has 170 valence electrons. The second-order valence-corrected chi connectivity index (χ2v) is 8.10. The molecule has 2 heterocycles. The third-order valence-electron chi connectivity index (χ3n) is 4.92. The van der Waals surface area contributed by atoms with E-state index < -0.39 is 11.6 Å². The Labute approximate surface area is 195 Å². The summed E-state index contributed by atoms with van der Waals surface area (Å²) in [5, 5.41) is 8.96. The first-order valence-corrected chi connectivity index (χ1v) is 10.9. The number of rotatable bonds is 4. The van der Waals surface area contributed by atoms with Gasteiger partial charge in [-0.3, -0.25) is 4.79 Å². The SMILES string of the molecule is O=C1COc2ccc(-c3csc(=Nc4ccc(F)cc4)n3N=Cc3ccc(F)cc3F)cc2N1. The fourth-order valence-corrected chi connectivity index (χ4v) is 4.14. The minimum atomic E-state index is -0.758. The molecule has 0 atom stereocenters. The van der Waals surface area contributed by atoms with Crippen LogP contribution in [0.15, 0.2) is 76.1 Å². The Morgan fingerprint density at radius 2 is 1.79 bits per heavy atom. The minimum Gasteiger partial charge on any atom is -0.482 e. The second kappa shape index (κ2) is 8.99. The summed E-state index contributed by atoms with van der Waals surface area (Å²) in [6, 6.07) is 14.1. The van der Waals surface area contributed by atoms with Crippen molar-refractivity contribution in [2.45, 2.75) is 0 Å². The smallest absolute Gasteiger partial charge is 0.262 e. The quantitative estimate of drug-likeness (QED) is 0.414. The third kappa shape index (κ3) is 4.48. The van der Waals surface area contributed by atoms with Gasteiger partial charge in [0.05, 0.1) is 23.3 Å². The van der Waals surface area contributed by atoms with Crippen molar-refractivity contribution in [1.82, 2.24) is 4.68 Å². The van der Waals surface area contributed by atoms with E-state index in [2.05, 4.69) is 15.4 Å². The lowest BCUT2D eigenvalue weighted by atomic mass is 10.1. The highest BCUT2D eigenvalue weighted by atomic mass is 32.1. The summed E-state index contributed by atoms with van der Waals surface area (Å²) in [5.74, 6) is -1.56. The molecule has 6 nitrogen and oxygen atoms in total. The maximum Gasteiger partial charge on any atom is 0.262 e. The molecule has 0 bridgehead atoms. The van der Waals surface area contributed by atoms with Gasteiger partial charge in [0.15, 0.2) is 6.61 Å². The van der Waals surface area contributed by atoms with E-state index in [1.165, 1.54) is 52.6 Å². The average molecular weight is 480 g/mol. The van der Waals surface area contributed by atoms with Crippen LogP contribution in [0.2, 0.25) is 0 Å². The van der Waals surface area contributed by atoms with Crippen LogP contribution >= 0.6 is 11.3 Å². The van der Waals surface area contributed by atoms with Gasteiger partial charge in [0.1, 0.15) is 23.2 Å². The maximum atomic E-state index is 14.2. The zero-order valence-electron chi connectivity index (χ0n) is 17.3. The number of carbonyl (C=O) groups excluding carboxylic acids is 1. The summed E-state index contributed by atoms with van der Waals surface area (Å²) in [4.78, 5) is 16.7. The largest absolute Gasteiger partial charge is 0.482 e. The first kappa shape index (κ1) is 21.7. The summed E-state index contributed by atoms with van der Waals surface area (Å²) in [6.45, 7) is -0.0565. The number of fused-ring (bicyclic) bond motifs is 1. The van der Waals surface area contributed by atoms with E-state index in [0.29, 0.717) is 33.2 Å². The number of hydrogen-bond acceptors (Lipinski definition) is 5. The molecule has 0 fully saturated rings. The Kier molecular flexibility index (Phi) is 5.72. The van der Waals surface area contributed by atoms with Crippen LogP contribution in [-0.2, 0) is 4.79 Å². The molecule has 0 saturated carbocycles. The van der Waals surface area contributed by atoms with Gasteiger partial charge >= 0.3 is 0 Å². The lowest BCUT2D eigenvalue weighted by Crippen LogP contribution is -2.25. The molecule has 1 amide bonds. The van der Waals surface area contributed by atoms with E-state index >= 15 is 0 Å². The van der Waals surface area contributed by atoms with Crippen molar-refractivity contribution in [3.63, 3.8) is 0 Å². The van der Waals surface area contributed by atoms with Crippen LogP contribution in [0.3, 0.4) is 0 Å². The Hall–Kier alpha value is -4.18. The maximum absolute atomic E-state index is 14.2. The molecule has 1 N–H and O–H groups in total. The van der Waals surface area contributed by atoms with Crippen LogP contribution in [0.25, 0.3) is 11.3 Å². The summed E-state index contributed by atoms with van der Waals surface area (Å²) < 4.78 is 47.6. The van der Waals surface area contributed by atoms with E-state index in [9.17, 15) is 18.0 Å². The summed E-state index contributed by atoms with van der Waals surface area (Å²) in [7, 11) is 0. The topological polar surface area (TPSA) is 68.0 Å². The van der Waals surface area contributed by atoms with Gasteiger partial charge in [-0.2, -0.15) is 5.10 Å². The van der Waals surface area contributed by atoms with Gasteiger partial charge in [-0.25, -0.2) is 22.8 Å². The predicted octanol–water partition coefficient (Wildman–Crippen LogP) is 5.08. The van der Waals surface area contributed by atoms with E-state index in [1.807, 2.05) is 0 Å². The van der Waals surface area contributed by atoms with Crippen molar-refractivity contribution in [3.8, 4) is 17.0 Å². The zero-order chi connectivity index (χ0) is 23.7. The molecule has 0 radical (unpaired) electrons. The van der Waals surface area contributed by atoms with Crippen LogP contribution < -0.4 is 14.9 Å². The highest BCUT2D eigenvalue weighted by molar-refractivity contribution is 7.07. The number of hydrogen-bond donors (Lipinski definition) is 1. The number of ether oxygens (including phenoxy) is 1. The van der Waals surface area contributed by atoms with Crippen LogP contribution in [-0.4, -0.2) is 23.4 Å².